The minimum atomic E-state index is 0.614. The first kappa shape index (κ1) is 21.4. The van der Waals surface area contributed by atoms with Crippen molar-refractivity contribution >= 4 is 21.8 Å². The lowest BCUT2D eigenvalue weighted by Gasteiger charge is -2.16. The number of hydrogen-bond acceptors (Lipinski definition) is 3. The Labute approximate surface area is 208 Å². The van der Waals surface area contributed by atoms with E-state index in [1.165, 1.54) is 0 Å². The number of benzene rings is 4. The van der Waals surface area contributed by atoms with E-state index in [4.69, 9.17) is 0 Å². The molecule has 0 atom stereocenters. The van der Waals surface area contributed by atoms with Crippen LogP contribution in [0.1, 0.15) is 16.7 Å². The smallest absolute Gasteiger partial charge is 0.0998 e. The van der Waals surface area contributed by atoms with Gasteiger partial charge in [0.15, 0.2) is 0 Å². The number of rotatable bonds is 3. The maximum atomic E-state index is 10.1. The van der Waals surface area contributed by atoms with Crippen molar-refractivity contribution in [2.24, 2.45) is 0 Å². The molecule has 6 aromatic rings. The first-order valence-corrected chi connectivity index (χ1v) is 11.7. The largest absolute Gasteiger partial charge is 0.308 e. The molecule has 2 aromatic heterocycles. The highest BCUT2D eigenvalue weighted by Crippen LogP contribution is 2.39. The third-order valence-electron chi connectivity index (χ3n) is 6.71. The molecule has 0 spiro atoms. The normalized spacial score (nSPS) is 10.9. The Morgan fingerprint density at radius 2 is 1.42 bits per heavy atom. The summed E-state index contributed by atoms with van der Waals surface area (Å²) in [4.78, 5) is 4.12. The van der Waals surface area contributed by atoms with Crippen molar-refractivity contribution in [1.82, 2.24) is 9.55 Å². The second-order valence-corrected chi connectivity index (χ2v) is 8.78. The second kappa shape index (κ2) is 8.55. The number of para-hydroxylation sites is 2. The Hall–Kier alpha value is -5.19. The number of nitriles is 2. The fraction of sp³-hybridized carbons (Fsp3) is 0.0312. The van der Waals surface area contributed by atoms with E-state index >= 15 is 0 Å². The first-order valence-electron chi connectivity index (χ1n) is 11.7. The van der Waals surface area contributed by atoms with Crippen LogP contribution in [0.2, 0.25) is 0 Å². The van der Waals surface area contributed by atoms with Crippen LogP contribution in [0.3, 0.4) is 0 Å². The van der Waals surface area contributed by atoms with Crippen LogP contribution < -0.4 is 0 Å². The summed E-state index contributed by atoms with van der Waals surface area (Å²) in [5.74, 6) is 0. The minimum absolute atomic E-state index is 0.614. The van der Waals surface area contributed by atoms with Crippen LogP contribution >= 0.6 is 0 Å². The maximum absolute atomic E-state index is 10.1. The molecule has 0 radical (unpaired) electrons. The van der Waals surface area contributed by atoms with Crippen molar-refractivity contribution < 1.29 is 0 Å². The molecule has 0 aliphatic carbocycles. The zero-order valence-corrected chi connectivity index (χ0v) is 19.6. The zero-order chi connectivity index (χ0) is 24.6. The van der Waals surface area contributed by atoms with Crippen molar-refractivity contribution in [2.45, 2.75) is 6.92 Å². The van der Waals surface area contributed by atoms with Crippen LogP contribution in [0, 0.1) is 29.6 Å². The fourth-order valence-electron chi connectivity index (χ4n) is 5.03. The van der Waals surface area contributed by atoms with Crippen molar-refractivity contribution in [1.29, 1.82) is 10.5 Å². The van der Waals surface area contributed by atoms with Gasteiger partial charge in [-0.05, 0) is 71.6 Å². The third kappa shape index (κ3) is 3.33. The van der Waals surface area contributed by atoms with Crippen molar-refractivity contribution in [2.75, 3.05) is 0 Å². The lowest BCUT2D eigenvalue weighted by molar-refractivity contribution is 1.15. The predicted molar refractivity (Wildman–Crippen MR) is 144 cm³/mol. The van der Waals surface area contributed by atoms with Crippen LogP contribution in [0.15, 0.2) is 103 Å². The molecule has 0 aliphatic heterocycles. The van der Waals surface area contributed by atoms with Crippen LogP contribution in [-0.2, 0) is 0 Å². The molecule has 0 unspecified atom stereocenters. The van der Waals surface area contributed by atoms with Gasteiger partial charge in [-0.3, -0.25) is 4.98 Å². The molecule has 0 saturated carbocycles. The molecule has 2 heterocycles. The van der Waals surface area contributed by atoms with Gasteiger partial charge in [0.2, 0.25) is 0 Å². The summed E-state index contributed by atoms with van der Waals surface area (Å²) in [7, 11) is 0. The highest BCUT2D eigenvalue weighted by Gasteiger charge is 2.19. The van der Waals surface area contributed by atoms with Gasteiger partial charge in [0.05, 0.1) is 40.0 Å². The summed E-state index contributed by atoms with van der Waals surface area (Å²) in [5.41, 5.74) is 9.42. The highest BCUT2D eigenvalue weighted by molar-refractivity contribution is 6.13. The number of fused-ring (bicyclic) bond motifs is 3. The van der Waals surface area contributed by atoms with E-state index in [2.05, 4.69) is 71.1 Å². The molecular formula is C32H20N4. The molecule has 4 aromatic carbocycles. The predicted octanol–water partition coefficient (Wildman–Crippen LogP) is 7.56. The van der Waals surface area contributed by atoms with Gasteiger partial charge in [0.25, 0.3) is 0 Å². The monoisotopic (exact) mass is 460 g/mol. The van der Waals surface area contributed by atoms with Crippen molar-refractivity contribution in [3.8, 4) is 40.1 Å². The summed E-state index contributed by atoms with van der Waals surface area (Å²) in [6.07, 6.45) is 3.49. The Morgan fingerprint density at radius 1 is 0.694 bits per heavy atom. The van der Waals surface area contributed by atoms with Gasteiger partial charge in [-0.1, -0.05) is 48.5 Å². The second-order valence-electron chi connectivity index (χ2n) is 8.78. The van der Waals surface area contributed by atoms with Crippen molar-refractivity contribution in [3.05, 3.63) is 120 Å². The van der Waals surface area contributed by atoms with E-state index in [1.807, 2.05) is 48.5 Å². The summed E-state index contributed by atoms with van der Waals surface area (Å²) in [6, 6.07) is 35.0. The summed E-state index contributed by atoms with van der Waals surface area (Å²) < 4.78 is 2.27. The molecule has 6 rings (SSSR count). The van der Waals surface area contributed by atoms with E-state index in [0.29, 0.717) is 11.1 Å². The van der Waals surface area contributed by atoms with Crippen LogP contribution in [0.5, 0.6) is 0 Å². The molecule has 4 heteroatoms. The lowest BCUT2D eigenvalue weighted by atomic mass is 9.97. The van der Waals surface area contributed by atoms with Gasteiger partial charge < -0.3 is 4.57 Å². The van der Waals surface area contributed by atoms with Gasteiger partial charge >= 0.3 is 0 Å². The molecular weight excluding hydrogens is 440 g/mol. The first-order chi connectivity index (χ1) is 17.7. The number of nitrogens with zero attached hydrogens (tertiary/aromatic N) is 4. The zero-order valence-electron chi connectivity index (χ0n) is 19.6. The highest BCUT2D eigenvalue weighted by atomic mass is 15.0. The average molecular weight is 461 g/mol. The number of hydrogen-bond donors (Lipinski definition) is 0. The number of pyridine rings is 1. The molecule has 0 aliphatic rings. The Bertz CT molecular complexity index is 1850. The molecule has 36 heavy (non-hydrogen) atoms. The van der Waals surface area contributed by atoms with Gasteiger partial charge in [0, 0.05) is 28.7 Å². The molecule has 4 nitrogen and oxygen atoms in total. The van der Waals surface area contributed by atoms with Crippen LogP contribution in [0.4, 0.5) is 0 Å². The maximum Gasteiger partial charge on any atom is 0.0998 e. The van der Waals surface area contributed by atoms with E-state index < -0.39 is 0 Å². The molecule has 0 saturated heterocycles. The van der Waals surface area contributed by atoms with Crippen molar-refractivity contribution in [3.63, 3.8) is 0 Å². The molecule has 168 valence electrons. The Balaban J connectivity index is 1.70. The lowest BCUT2D eigenvalue weighted by Crippen LogP contribution is -2.00. The average Bonchev–Trinajstić information content (AvgIpc) is 3.28. The fourth-order valence-corrected chi connectivity index (χ4v) is 5.03. The van der Waals surface area contributed by atoms with Gasteiger partial charge in [-0.25, -0.2) is 0 Å². The summed E-state index contributed by atoms with van der Waals surface area (Å²) in [6.45, 7) is 2.09. The van der Waals surface area contributed by atoms with E-state index in [0.717, 1.165) is 55.3 Å². The number of aromatic nitrogens is 2. The third-order valence-corrected chi connectivity index (χ3v) is 6.71. The quantitative estimate of drug-likeness (QED) is 0.274. The SMILES string of the molecule is Cc1cc(-c2ccncc2)c(C#N)cc1-n1c2ccccc2c2cccc(-c3ccc(C#N)cc3)c21. The van der Waals surface area contributed by atoms with E-state index in [1.54, 1.807) is 12.4 Å². The summed E-state index contributed by atoms with van der Waals surface area (Å²) in [5, 5.41) is 21.7. The topological polar surface area (TPSA) is 65.4 Å². The molecule has 0 bridgehead atoms. The van der Waals surface area contributed by atoms with Crippen LogP contribution in [0.25, 0.3) is 49.7 Å². The molecule has 0 amide bonds. The van der Waals surface area contributed by atoms with Gasteiger partial charge in [-0.15, -0.1) is 0 Å². The van der Waals surface area contributed by atoms with Crippen LogP contribution in [-0.4, -0.2) is 9.55 Å². The Morgan fingerprint density at radius 3 is 2.17 bits per heavy atom. The standard InChI is InChI=1S/C32H20N4/c1-21-17-29(24-13-15-35-16-14-24)25(20-34)18-31(21)36-30-8-3-2-5-27(30)28-7-4-6-26(32(28)36)23-11-9-22(19-33)10-12-23/h2-18H,1H3. The summed E-state index contributed by atoms with van der Waals surface area (Å²) >= 11 is 0. The van der Waals surface area contributed by atoms with Gasteiger partial charge in [0.1, 0.15) is 0 Å². The molecule has 0 N–H and O–H groups in total. The minimum Gasteiger partial charge on any atom is -0.308 e. The van der Waals surface area contributed by atoms with E-state index in [9.17, 15) is 10.5 Å². The molecule has 0 fully saturated rings. The Kier molecular flexibility index (Phi) is 5.07. The number of aryl methyl sites for hydroxylation is 1. The van der Waals surface area contributed by atoms with E-state index in [-0.39, 0.29) is 0 Å². The van der Waals surface area contributed by atoms with Gasteiger partial charge in [-0.2, -0.15) is 10.5 Å².